The van der Waals surface area contributed by atoms with Crippen LogP contribution in [-0.2, 0) is 14.3 Å². The van der Waals surface area contributed by atoms with E-state index in [4.69, 9.17) is 14.7 Å². The Morgan fingerprint density at radius 2 is 2.27 bits per heavy atom. The molecule has 1 aromatic heterocycles. The molecule has 0 saturated carbocycles. The highest BCUT2D eigenvalue weighted by molar-refractivity contribution is 5.79. The SMILES string of the molecule is COC(CNC(=O)C1CCN(c2ccc(C#N)cn2)CC1)C1CCOC1. The van der Waals surface area contributed by atoms with Crippen molar-refractivity contribution in [3.63, 3.8) is 0 Å². The summed E-state index contributed by atoms with van der Waals surface area (Å²) in [7, 11) is 1.69. The van der Waals surface area contributed by atoms with E-state index in [0.29, 0.717) is 24.6 Å². The van der Waals surface area contributed by atoms with E-state index in [1.54, 1.807) is 19.4 Å². The molecule has 2 unspecified atom stereocenters. The van der Waals surface area contributed by atoms with Crippen molar-refractivity contribution in [3.05, 3.63) is 23.9 Å². The molecule has 0 bridgehead atoms. The van der Waals surface area contributed by atoms with Crippen LogP contribution in [-0.4, -0.2) is 57.0 Å². The second-order valence-electron chi connectivity index (χ2n) is 6.92. The van der Waals surface area contributed by atoms with Crippen molar-refractivity contribution in [2.75, 3.05) is 44.9 Å². The Kier molecular flexibility index (Phi) is 6.42. The summed E-state index contributed by atoms with van der Waals surface area (Å²) in [5, 5.41) is 11.9. The summed E-state index contributed by atoms with van der Waals surface area (Å²) < 4.78 is 10.9. The van der Waals surface area contributed by atoms with Crippen molar-refractivity contribution in [2.24, 2.45) is 11.8 Å². The van der Waals surface area contributed by atoms with Gasteiger partial charge in [-0.2, -0.15) is 5.26 Å². The number of hydrogen-bond acceptors (Lipinski definition) is 6. The van der Waals surface area contributed by atoms with Crippen LogP contribution in [0.2, 0.25) is 0 Å². The maximum absolute atomic E-state index is 12.5. The van der Waals surface area contributed by atoms with E-state index in [1.807, 2.05) is 6.07 Å². The number of amides is 1. The Bertz CT molecular complexity index is 629. The largest absolute Gasteiger partial charge is 0.381 e. The second kappa shape index (κ2) is 8.97. The van der Waals surface area contributed by atoms with Gasteiger partial charge in [0.1, 0.15) is 11.9 Å². The zero-order chi connectivity index (χ0) is 18.4. The fraction of sp³-hybridized carbons (Fsp3) is 0.632. The molecule has 26 heavy (non-hydrogen) atoms. The molecule has 1 N–H and O–H groups in total. The molecule has 2 atom stereocenters. The normalized spacial score (nSPS) is 22.0. The molecule has 1 amide bonds. The Morgan fingerprint density at radius 1 is 1.46 bits per heavy atom. The van der Waals surface area contributed by atoms with Gasteiger partial charge in [0, 0.05) is 51.4 Å². The predicted molar refractivity (Wildman–Crippen MR) is 96.6 cm³/mol. The average molecular weight is 358 g/mol. The van der Waals surface area contributed by atoms with E-state index in [-0.39, 0.29) is 17.9 Å². The summed E-state index contributed by atoms with van der Waals surface area (Å²) in [6.07, 6.45) is 4.20. The number of carbonyl (C=O) groups excluding carboxylic acids is 1. The quantitative estimate of drug-likeness (QED) is 0.826. The number of nitrogens with zero attached hydrogens (tertiary/aromatic N) is 3. The van der Waals surface area contributed by atoms with Gasteiger partial charge in [0.25, 0.3) is 0 Å². The number of hydrogen-bond donors (Lipinski definition) is 1. The number of ether oxygens (including phenoxy) is 2. The zero-order valence-electron chi connectivity index (χ0n) is 15.2. The highest BCUT2D eigenvalue weighted by Gasteiger charge is 2.29. The molecular weight excluding hydrogens is 332 g/mol. The fourth-order valence-corrected chi connectivity index (χ4v) is 3.64. The zero-order valence-corrected chi connectivity index (χ0v) is 15.2. The number of aromatic nitrogens is 1. The molecule has 7 nitrogen and oxygen atoms in total. The van der Waals surface area contributed by atoms with Gasteiger partial charge >= 0.3 is 0 Å². The van der Waals surface area contributed by atoms with Gasteiger partial charge in [-0.3, -0.25) is 4.79 Å². The van der Waals surface area contributed by atoms with E-state index in [1.165, 1.54) is 0 Å². The first-order chi connectivity index (χ1) is 12.7. The third kappa shape index (κ3) is 4.51. The van der Waals surface area contributed by atoms with Crippen molar-refractivity contribution >= 4 is 11.7 Å². The number of rotatable bonds is 6. The lowest BCUT2D eigenvalue weighted by Gasteiger charge is -2.32. The summed E-state index contributed by atoms with van der Waals surface area (Å²) in [6, 6.07) is 5.72. The predicted octanol–water partition coefficient (Wildman–Crippen LogP) is 1.34. The van der Waals surface area contributed by atoms with Gasteiger partial charge in [-0.15, -0.1) is 0 Å². The van der Waals surface area contributed by atoms with Crippen molar-refractivity contribution in [3.8, 4) is 6.07 Å². The molecule has 0 radical (unpaired) electrons. The lowest BCUT2D eigenvalue weighted by molar-refractivity contribution is -0.126. The molecule has 0 aliphatic carbocycles. The molecular formula is C19H26N4O3. The molecule has 0 spiro atoms. The van der Waals surface area contributed by atoms with Gasteiger partial charge in [-0.25, -0.2) is 4.98 Å². The number of nitrogens with one attached hydrogen (secondary N) is 1. The van der Waals surface area contributed by atoms with Gasteiger partial charge in [0.15, 0.2) is 0 Å². The number of piperidine rings is 1. The first-order valence-electron chi connectivity index (χ1n) is 9.20. The summed E-state index contributed by atoms with van der Waals surface area (Å²) in [4.78, 5) is 19.0. The minimum atomic E-state index is 0.0180. The average Bonchev–Trinajstić information content (AvgIpc) is 3.23. The molecule has 2 saturated heterocycles. The van der Waals surface area contributed by atoms with Crippen molar-refractivity contribution in [1.82, 2.24) is 10.3 Å². The van der Waals surface area contributed by atoms with Gasteiger partial charge < -0.3 is 19.7 Å². The van der Waals surface area contributed by atoms with Crippen LogP contribution >= 0.6 is 0 Å². The highest BCUT2D eigenvalue weighted by Crippen LogP contribution is 2.23. The monoisotopic (exact) mass is 358 g/mol. The Balaban J connectivity index is 1.44. The van der Waals surface area contributed by atoms with Crippen LogP contribution in [0.1, 0.15) is 24.8 Å². The van der Waals surface area contributed by atoms with Crippen LogP contribution in [0, 0.1) is 23.2 Å². The molecule has 3 rings (SSSR count). The third-order valence-electron chi connectivity index (χ3n) is 5.34. The van der Waals surface area contributed by atoms with E-state index in [9.17, 15) is 4.79 Å². The van der Waals surface area contributed by atoms with Crippen LogP contribution in [0.3, 0.4) is 0 Å². The Hall–Kier alpha value is -2.17. The third-order valence-corrected chi connectivity index (χ3v) is 5.34. The van der Waals surface area contributed by atoms with Crippen molar-refractivity contribution < 1.29 is 14.3 Å². The molecule has 7 heteroatoms. The molecule has 2 fully saturated rings. The summed E-state index contributed by atoms with van der Waals surface area (Å²) in [5.74, 6) is 1.37. The van der Waals surface area contributed by atoms with E-state index in [2.05, 4.69) is 21.3 Å². The van der Waals surface area contributed by atoms with E-state index < -0.39 is 0 Å². The van der Waals surface area contributed by atoms with E-state index in [0.717, 1.165) is 44.8 Å². The Labute approximate surface area is 154 Å². The van der Waals surface area contributed by atoms with Gasteiger partial charge in [0.2, 0.25) is 5.91 Å². The van der Waals surface area contributed by atoms with Crippen molar-refractivity contribution in [2.45, 2.75) is 25.4 Å². The summed E-state index contributed by atoms with van der Waals surface area (Å²) in [5.41, 5.74) is 0.559. The first-order valence-corrected chi connectivity index (χ1v) is 9.20. The number of carbonyl (C=O) groups is 1. The maximum Gasteiger partial charge on any atom is 0.223 e. The maximum atomic E-state index is 12.5. The lowest BCUT2D eigenvalue weighted by atomic mass is 9.95. The summed E-state index contributed by atoms with van der Waals surface area (Å²) >= 11 is 0. The smallest absolute Gasteiger partial charge is 0.223 e. The molecule has 140 valence electrons. The van der Waals surface area contributed by atoms with Crippen LogP contribution < -0.4 is 10.2 Å². The van der Waals surface area contributed by atoms with Gasteiger partial charge in [-0.05, 0) is 31.4 Å². The fourth-order valence-electron chi connectivity index (χ4n) is 3.64. The number of pyridine rings is 1. The Morgan fingerprint density at radius 3 is 2.85 bits per heavy atom. The molecule has 2 aliphatic rings. The minimum absolute atomic E-state index is 0.0180. The molecule has 2 aliphatic heterocycles. The topological polar surface area (TPSA) is 87.5 Å². The summed E-state index contributed by atoms with van der Waals surface area (Å²) in [6.45, 7) is 3.62. The second-order valence-corrected chi connectivity index (χ2v) is 6.92. The highest BCUT2D eigenvalue weighted by atomic mass is 16.5. The van der Waals surface area contributed by atoms with Crippen molar-refractivity contribution in [1.29, 1.82) is 5.26 Å². The van der Waals surface area contributed by atoms with Crippen LogP contribution in [0.25, 0.3) is 0 Å². The molecule has 1 aromatic rings. The van der Waals surface area contributed by atoms with Gasteiger partial charge in [0.05, 0.1) is 18.3 Å². The van der Waals surface area contributed by atoms with Crippen LogP contribution in [0.4, 0.5) is 5.82 Å². The number of nitriles is 1. The lowest BCUT2D eigenvalue weighted by Crippen LogP contribution is -2.44. The number of methoxy groups -OCH3 is 1. The van der Waals surface area contributed by atoms with Gasteiger partial charge in [-0.1, -0.05) is 0 Å². The first kappa shape index (κ1) is 18.6. The minimum Gasteiger partial charge on any atom is -0.381 e. The van der Waals surface area contributed by atoms with Crippen LogP contribution in [0.15, 0.2) is 18.3 Å². The molecule has 0 aromatic carbocycles. The molecule has 3 heterocycles. The van der Waals surface area contributed by atoms with E-state index >= 15 is 0 Å². The van der Waals surface area contributed by atoms with Crippen LogP contribution in [0.5, 0.6) is 0 Å². The number of anilines is 1. The standard InChI is InChI=1S/C19H26N4O3/c1-25-17(16-6-9-26-13-16)12-22-19(24)15-4-7-23(8-5-15)18-3-2-14(10-20)11-21-18/h2-3,11,15-17H,4-9,12-13H2,1H3,(H,22,24).